The van der Waals surface area contributed by atoms with Gasteiger partial charge >= 0.3 is 5.97 Å². The van der Waals surface area contributed by atoms with Crippen LogP contribution in [0.1, 0.15) is 18.4 Å². The number of carboxylic acids is 1. The third-order valence-corrected chi connectivity index (χ3v) is 3.78. The number of nitrogens with one attached hydrogen (secondary N) is 1. The van der Waals surface area contributed by atoms with Gasteiger partial charge in [0, 0.05) is 6.54 Å². The summed E-state index contributed by atoms with van der Waals surface area (Å²) >= 11 is 0. The van der Waals surface area contributed by atoms with Gasteiger partial charge in [-0.2, -0.15) is 0 Å². The molecule has 6 heteroatoms. The van der Waals surface area contributed by atoms with Crippen LogP contribution < -0.4 is 4.72 Å². The quantitative estimate of drug-likeness (QED) is 0.691. The molecule has 0 saturated carbocycles. The third kappa shape index (κ3) is 6.36. The molecule has 0 heterocycles. The monoisotopic (exact) mass is 271 g/mol. The van der Waals surface area contributed by atoms with Crippen LogP contribution in [0.5, 0.6) is 0 Å². The number of sulfonamides is 1. The molecule has 2 N–H and O–H groups in total. The molecule has 5 nitrogen and oxygen atoms in total. The molecule has 0 radical (unpaired) electrons. The summed E-state index contributed by atoms with van der Waals surface area (Å²) in [7, 11) is -3.46. The summed E-state index contributed by atoms with van der Waals surface area (Å²) in [5, 5.41) is 8.40. The van der Waals surface area contributed by atoms with E-state index in [1.807, 2.05) is 30.3 Å². The number of aryl methyl sites for hydroxylation is 1. The summed E-state index contributed by atoms with van der Waals surface area (Å²) in [6.45, 7) is 0.330. The number of carboxylic acid groups (broad SMARTS) is 1. The van der Waals surface area contributed by atoms with Crippen LogP contribution in [0.2, 0.25) is 0 Å². The summed E-state index contributed by atoms with van der Waals surface area (Å²) in [5.41, 5.74) is 1.15. The molecule has 0 unspecified atom stereocenters. The zero-order valence-electron chi connectivity index (χ0n) is 10.0. The molecule has 0 aliphatic heterocycles. The lowest BCUT2D eigenvalue weighted by molar-refractivity contribution is -0.136. The summed E-state index contributed by atoms with van der Waals surface area (Å²) in [5.74, 6) is -1.47. The molecule has 0 saturated heterocycles. The lowest BCUT2D eigenvalue weighted by Gasteiger charge is -2.05. The molecule has 1 aromatic rings. The van der Waals surface area contributed by atoms with Gasteiger partial charge in [-0.3, -0.25) is 4.79 Å². The van der Waals surface area contributed by atoms with Crippen molar-refractivity contribution in [3.05, 3.63) is 35.9 Å². The largest absolute Gasteiger partial charge is 0.481 e. The number of benzene rings is 1. The lowest BCUT2D eigenvalue weighted by atomic mass is 10.1. The van der Waals surface area contributed by atoms with E-state index in [0.29, 0.717) is 13.0 Å². The zero-order chi connectivity index (χ0) is 13.4. The van der Waals surface area contributed by atoms with Crippen LogP contribution in [-0.4, -0.2) is 31.8 Å². The first-order chi connectivity index (χ1) is 8.49. The van der Waals surface area contributed by atoms with Crippen molar-refractivity contribution < 1.29 is 18.3 Å². The van der Waals surface area contributed by atoms with E-state index >= 15 is 0 Å². The highest BCUT2D eigenvalue weighted by molar-refractivity contribution is 7.89. The minimum absolute atomic E-state index is 0.330. The second-order valence-electron chi connectivity index (χ2n) is 3.95. The van der Waals surface area contributed by atoms with Crippen molar-refractivity contribution in [2.75, 3.05) is 12.3 Å². The Morgan fingerprint density at radius 2 is 1.89 bits per heavy atom. The molecular weight excluding hydrogens is 254 g/mol. The molecule has 0 bridgehead atoms. The van der Waals surface area contributed by atoms with Crippen LogP contribution in [0, 0.1) is 0 Å². The van der Waals surface area contributed by atoms with E-state index in [4.69, 9.17) is 5.11 Å². The molecule has 100 valence electrons. The van der Waals surface area contributed by atoms with E-state index in [9.17, 15) is 13.2 Å². The molecule has 0 amide bonds. The van der Waals surface area contributed by atoms with Gasteiger partial charge in [-0.05, 0) is 18.4 Å². The van der Waals surface area contributed by atoms with Gasteiger partial charge in [0.2, 0.25) is 10.0 Å². The maximum atomic E-state index is 11.4. The Morgan fingerprint density at radius 3 is 2.50 bits per heavy atom. The third-order valence-electron chi connectivity index (χ3n) is 2.39. The molecule has 0 atom stereocenters. The molecule has 0 aliphatic rings. The van der Waals surface area contributed by atoms with E-state index in [0.717, 1.165) is 12.0 Å². The van der Waals surface area contributed by atoms with Gasteiger partial charge in [-0.25, -0.2) is 13.1 Å². The Kier molecular flexibility index (Phi) is 5.80. The molecule has 0 aliphatic carbocycles. The number of hydrogen-bond acceptors (Lipinski definition) is 3. The van der Waals surface area contributed by atoms with Crippen molar-refractivity contribution in [2.45, 2.75) is 19.3 Å². The summed E-state index contributed by atoms with van der Waals surface area (Å²) in [4.78, 5) is 10.3. The SMILES string of the molecule is O=C(O)CCS(=O)(=O)NCCCc1ccccc1. The van der Waals surface area contributed by atoms with Gasteiger partial charge in [0.15, 0.2) is 0 Å². The van der Waals surface area contributed by atoms with E-state index in [2.05, 4.69) is 4.72 Å². The van der Waals surface area contributed by atoms with E-state index in [-0.39, 0.29) is 12.2 Å². The zero-order valence-corrected chi connectivity index (χ0v) is 10.8. The fraction of sp³-hybridized carbons (Fsp3) is 0.417. The standard InChI is InChI=1S/C12H17NO4S/c14-12(15)8-10-18(16,17)13-9-4-7-11-5-2-1-3-6-11/h1-3,5-6,13H,4,7-10H2,(H,14,15). The van der Waals surface area contributed by atoms with Crippen LogP contribution >= 0.6 is 0 Å². The van der Waals surface area contributed by atoms with Crippen molar-refractivity contribution in [1.29, 1.82) is 0 Å². The smallest absolute Gasteiger partial charge is 0.304 e. The Hall–Kier alpha value is -1.40. The second-order valence-corrected chi connectivity index (χ2v) is 5.87. The van der Waals surface area contributed by atoms with E-state index in [1.54, 1.807) is 0 Å². The fourth-order valence-corrected chi connectivity index (χ4v) is 2.50. The number of aliphatic carboxylic acids is 1. The van der Waals surface area contributed by atoms with Gasteiger partial charge in [0.05, 0.1) is 12.2 Å². The maximum Gasteiger partial charge on any atom is 0.304 e. The first kappa shape index (κ1) is 14.7. The Morgan fingerprint density at radius 1 is 1.22 bits per heavy atom. The first-order valence-corrected chi connectivity index (χ1v) is 7.38. The molecular formula is C12H17NO4S. The van der Waals surface area contributed by atoms with Gasteiger partial charge in [0.25, 0.3) is 0 Å². The van der Waals surface area contributed by atoms with Crippen molar-refractivity contribution in [3.63, 3.8) is 0 Å². The topological polar surface area (TPSA) is 83.5 Å². The van der Waals surface area contributed by atoms with Gasteiger partial charge in [0.1, 0.15) is 0 Å². The number of carbonyl (C=O) groups is 1. The van der Waals surface area contributed by atoms with E-state index in [1.165, 1.54) is 0 Å². The van der Waals surface area contributed by atoms with Crippen molar-refractivity contribution in [2.24, 2.45) is 0 Å². The highest BCUT2D eigenvalue weighted by atomic mass is 32.2. The Bertz CT molecular complexity index is 470. The minimum Gasteiger partial charge on any atom is -0.481 e. The average molecular weight is 271 g/mol. The van der Waals surface area contributed by atoms with Gasteiger partial charge < -0.3 is 5.11 Å². The summed E-state index contributed by atoms with van der Waals surface area (Å²) < 4.78 is 25.1. The highest BCUT2D eigenvalue weighted by Crippen LogP contribution is 2.01. The predicted octanol–water partition coefficient (Wildman–Crippen LogP) is 1.01. The highest BCUT2D eigenvalue weighted by Gasteiger charge is 2.11. The van der Waals surface area contributed by atoms with Crippen molar-refractivity contribution in [1.82, 2.24) is 4.72 Å². The second kappa shape index (κ2) is 7.13. The lowest BCUT2D eigenvalue weighted by Crippen LogP contribution is -2.28. The first-order valence-electron chi connectivity index (χ1n) is 5.73. The van der Waals surface area contributed by atoms with E-state index < -0.39 is 16.0 Å². The number of rotatable bonds is 8. The van der Waals surface area contributed by atoms with Crippen LogP contribution in [0.25, 0.3) is 0 Å². The van der Waals surface area contributed by atoms with Crippen LogP contribution in [0.3, 0.4) is 0 Å². The minimum atomic E-state index is -3.46. The van der Waals surface area contributed by atoms with Gasteiger partial charge in [-0.1, -0.05) is 30.3 Å². The summed E-state index contributed by atoms with van der Waals surface area (Å²) in [6.07, 6.45) is 1.12. The van der Waals surface area contributed by atoms with Crippen LogP contribution in [0.4, 0.5) is 0 Å². The molecule has 18 heavy (non-hydrogen) atoms. The predicted molar refractivity (Wildman–Crippen MR) is 68.8 cm³/mol. The maximum absolute atomic E-state index is 11.4. The molecule has 0 fully saturated rings. The Balaban J connectivity index is 2.23. The Labute approximate surface area is 107 Å². The normalized spacial score (nSPS) is 11.3. The van der Waals surface area contributed by atoms with Crippen molar-refractivity contribution in [3.8, 4) is 0 Å². The van der Waals surface area contributed by atoms with Crippen LogP contribution in [-0.2, 0) is 21.2 Å². The summed E-state index contributed by atoms with van der Waals surface area (Å²) in [6, 6.07) is 9.77. The molecule has 0 aromatic heterocycles. The fourth-order valence-electron chi connectivity index (χ4n) is 1.46. The average Bonchev–Trinajstić information content (AvgIpc) is 2.34. The number of hydrogen-bond donors (Lipinski definition) is 2. The molecule has 0 spiro atoms. The van der Waals surface area contributed by atoms with Gasteiger partial charge in [-0.15, -0.1) is 0 Å². The van der Waals surface area contributed by atoms with Crippen LogP contribution in [0.15, 0.2) is 30.3 Å². The molecule has 1 aromatic carbocycles. The molecule has 1 rings (SSSR count). The van der Waals surface area contributed by atoms with Crippen molar-refractivity contribution >= 4 is 16.0 Å².